The van der Waals surface area contributed by atoms with Crippen LogP contribution in [0.25, 0.3) is 0 Å². The van der Waals surface area contributed by atoms with Crippen LogP contribution < -0.4 is 10.0 Å². The zero-order valence-corrected chi connectivity index (χ0v) is 17.0. The van der Waals surface area contributed by atoms with Gasteiger partial charge in [0.2, 0.25) is 0 Å². The number of thiophene rings is 1. The van der Waals surface area contributed by atoms with Gasteiger partial charge < -0.3 is 5.32 Å². The van der Waals surface area contributed by atoms with Crippen LogP contribution in [0.5, 0.6) is 0 Å². The van der Waals surface area contributed by atoms with Gasteiger partial charge in [0.15, 0.2) is 0 Å². The highest BCUT2D eigenvalue weighted by molar-refractivity contribution is 7.94. The van der Waals surface area contributed by atoms with Crippen molar-refractivity contribution in [2.45, 2.75) is 36.4 Å². The number of rotatable bonds is 8. The van der Waals surface area contributed by atoms with E-state index in [2.05, 4.69) is 21.9 Å². The van der Waals surface area contributed by atoms with E-state index >= 15 is 0 Å². The second-order valence-electron chi connectivity index (χ2n) is 6.63. The molecular weight excluding hydrogens is 382 g/mol. The fraction of sp³-hybridized carbons (Fsp3) is 0.421. The van der Waals surface area contributed by atoms with Gasteiger partial charge in [0.05, 0.1) is 0 Å². The predicted molar refractivity (Wildman–Crippen MR) is 109 cm³/mol. The third-order valence-electron chi connectivity index (χ3n) is 4.79. The maximum atomic E-state index is 12.4. The SMILES string of the molecule is CCC(CNC(=O)c1ccc(NS(=O)(=O)c2cccs2)cc1)N1CCCC1. The fourth-order valence-electron chi connectivity index (χ4n) is 3.26. The molecule has 1 amide bonds. The van der Waals surface area contributed by atoms with Gasteiger partial charge in [-0.25, -0.2) is 8.42 Å². The molecule has 6 nitrogen and oxygen atoms in total. The number of likely N-dealkylation sites (tertiary alicyclic amines) is 1. The maximum absolute atomic E-state index is 12.4. The number of hydrogen-bond donors (Lipinski definition) is 2. The van der Waals surface area contributed by atoms with E-state index in [1.807, 2.05) is 0 Å². The van der Waals surface area contributed by atoms with E-state index in [0.717, 1.165) is 30.8 Å². The summed E-state index contributed by atoms with van der Waals surface area (Å²) in [6.07, 6.45) is 3.46. The van der Waals surface area contributed by atoms with Crippen LogP contribution in [-0.2, 0) is 10.0 Å². The molecule has 1 aliphatic rings. The Balaban J connectivity index is 1.57. The summed E-state index contributed by atoms with van der Waals surface area (Å²) in [6.45, 7) is 4.98. The molecule has 0 bridgehead atoms. The highest BCUT2D eigenvalue weighted by atomic mass is 32.2. The third-order valence-corrected chi connectivity index (χ3v) is 7.56. The number of amides is 1. The van der Waals surface area contributed by atoms with Crippen molar-refractivity contribution in [2.24, 2.45) is 0 Å². The molecule has 0 saturated carbocycles. The second-order valence-corrected chi connectivity index (χ2v) is 9.49. The van der Waals surface area contributed by atoms with Crippen LogP contribution in [0, 0.1) is 0 Å². The minimum atomic E-state index is -3.57. The topological polar surface area (TPSA) is 78.5 Å². The van der Waals surface area contributed by atoms with Crippen LogP contribution in [0.1, 0.15) is 36.5 Å². The molecule has 0 spiro atoms. The highest BCUT2D eigenvalue weighted by Crippen LogP contribution is 2.20. The van der Waals surface area contributed by atoms with Crippen molar-refractivity contribution >= 4 is 33.0 Å². The van der Waals surface area contributed by atoms with Gasteiger partial charge in [-0.3, -0.25) is 14.4 Å². The van der Waals surface area contributed by atoms with Crippen molar-refractivity contribution in [3.63, 3.8) is 0 Å². The smallest absolute Gasteiger partial charge is 0.271 e. The van der Waals surface area contributed by atoms with Crippen LogP contribution in [0.15, 0.2) is 46.0 Å². The summed E-state index contributed by atoms with van der Waals surface area (Å²) in [5, 5.41) is 4.72. The lowest BCUT2D eigenvalue weighted by molar-refractivity contribution is 0.0937. The fourth-order valence-corrected chi connectivity index (χ4v) is 5.31. The van der Waals surface area contributed by atoms with Gasteiger partial charge in [-0.15, -0.1) is 11.3 Å². The van der Waals surface area contributed by atoms with E-state index in [-0.39, 0.29) is 10.1 Å². The number of nitrogens with one attached hydrogen (secondary N) is 2. The standard InChI is InChI=1S/C19H25N3O3S2/c1-2-17(22-11-3-4-12-22)14-20-19(23)15-7-9-16(10-8-15)21-27(24,25)18-6-5-13-26-18/h5-10,13,17,21H,2-4,11-12,14H2,1H3,(H,20,23). The summed E-state index contributed by atoms with van der Waals surface area (Å²) in [5.74, 6) is -0.139. The van der Waals surface area contributed by atoms with Crippen molar-refractivity contribution in [3.8, 4) is 0 Å². The Kier molecular flexibility index (Phi) is 6.51. The summed E-state index contributed by atoms with van der Waals surface area (Å²) in [5.41, 5.74) is 0.953. The summed E-state index contributed by atoms with van der Waals surface area (Å²) in [4.78, 5) is 14.8. The monoisotopic (exact) mass is 407 g/mol. The number of sulfonamides is 1. The van der Waals surface area contributed by atoms with Gasteiger partial charge in [-0.2, -0.15) is 0 Å². The summed E-state index contributed by atoms with van der Waals surface area (Å²) >= 11 is 1.16. The second kappa shape index (κ2) is 8.86. The molecule has 3 rings (SSSR count). The Morgan fingerprint density at radius 3 is 2.48 bits per heavy atom. The van der Waals surface area contributed by atoms with E-state index in [1.165, 1.54) is 12.8 Å². The van der Waals surface area contributed by atoms with E-state index in [0.29, 0.717) is 23.8 Å². The molecule has 1 unspecified atom stereocenters. The largest absolute Gasteiger partial charge is 0.350 e. The first-order valence-electron chi connectivity index (χ1n) is 9.18. The molecule has 1 atom stereocenters. The van der Waals surface area contributed by atoms with Crippen molar-refractivity contribution < 1.29 is 13.2 Å². The molecule has 1 aromatic heterocycles. The van der Waals surface area contributed by atoms with Gasteiger partial charge in [0.25, 0.3) is 15.9 Å². The lowest BCUT2D eigenvalue weighted by atomic mass is 10.1. The minimum absolute atomic E-state index is 0.139. The number of nitrogens with zero attached hydrogens (tertiary/aromatic N) is 1. The number of carbonyl (C=O) groups excluding carboxylic acids is 1. The Bertz CT molecular complexity index is 843. The van der Waals surface area contributed by atoms with Crippen LogP contribution in [0.2, 0.25) is 0 Å². The molecular formula is C19H25N3O3S2. The Labute approximate surface area is 164 Å². The van der Waals surface area contributed by atoms with Crippen LogP contribution >= 0.6 is 11.3 Å². The Morgan fingerprint density at radius 1 is 1.19 bits per heavy atom. The van der Waals surface area contributed by atoms with E-state index in [9.17, 15) is 13.2 Å². The van der Waals surface area contributed by atoms with Gasteiger partial charge in [0, 0.05) is 23.8 Å². The lowest BCUT2D eigenvalue weighted by Gasteiger charge is -2.26. The molecule has 27 heavy (non-hydrogen) atoms. The van der Waals surface area contributed by atoms with E-state index < -0.39 is 10.0 Å². The molecule has 1 aromatic carbocycles. The lowest BCUT2D eigenvalue weighted by Crippen LogP contribution is -2.42. The molecule has 2 aromatic rings. The Hall–Kier alpha value is -1.90. The number of anilines is 1. The molecule has 2 N–H and O–H groups in total. The van der Waals surface area contributed by atoms with Gasteiger partial charge in [-0.05, 0) is 68.1 Å². The van der Waals surface area contributed by atoms with Crippen molar-refractivity contribution in [1.29, 1.82) is 0 Å². The third kappa shape index (κ3) is 5.09. The van der Waals surface area contributed by atoms with Gasteiger partial charge in [-0.1, -0.05) is 13.0 Å². The van der Waals surface area contributed by atoms with Crippen molar-refractivity contribution in [3.05, 3.63) is 47.3 Å². The predicted octanol–water partition coefficient (Wildman–Crippen LogP) is 3.15. The van der Waals surface area contributed by atoms with E-state index in [1.54, 1.807) is 41.8 Å². The molecule has 0 aliphatic carbocycles. The summed E-state index contributed by atoms with van der Waals surface area (Å²) in [6, 6.07) is 10.1. The molecule has 146 valence electrons. The normalized spacial score (nSPS) is 16.2. The maximum Gasteiger partial charge on any atom is 0.271 e. The minimum Gasteiger partial charge on any atom is -0.350 e. The van der Waals surface area contributed by atoms with Crippen LogP contribution in [0.4, 0.5) is 5.69 Å². The van der Waals surface area contributed by atoms with E-state index in [4.69, 9.17) is 0 Å². The van der Waals surface area contributed by atoms with Crippen molar-refractivity contribution in [1.82, 2.24) is 10.2 Å². The highest BCUT2D eigenvalue weighted by Gasteiger charge is 2.21. The zero-order valence-electron chi connectivity index (χ0n) is 15.3. The molecule has 1 saturated heterocycles. The molecule has 2 heterocycles. The first kappa shape index (κ1) is 19.9. The van der Waals surface area contributed by atoms with Gasteiger partial charge >= 0.3 is 0 Å². The summed E-state index contributed by atoms with van der Waals surface area (Å²) in [7, 11) is -3.57. The quantitative estimate of drug-likeness (QED) is 0.705. The molecule has 0 radical (unpaired) electrons. The number of carbonyl (C=O) groups is 1. The summed E-state index contributed by atoms with van der Waals surface area (Å²) < 4.78 is 27.3. The first-order chi connectivity index (χ1) is 13.0. The van der Waals surface area contributed by atoms with Gasteiger partial charge in [0.1, 0.15) is 4.21 Å². The average Bonchev–Trinajstić information content (AvgIpc) is 3.37. The molecule has 8 heteroatoms. The average molecular weight is 408 g/mol. The zero-order chi connectivity index (χ0) is 19.3. The van der Waals surface area contributed by atoms with Crippen molar-refractivity contribution in [2.75, 3.05) is 24.4 Å². The van der Waals surface area contributed by atoms with Crippen LogP contribution in [-0.4, -0.2) is 44.9 Å². The first-order valence-corrected chi connectivity index (χ1v) is 11.5. The van der Waals surface area contributed by atoms with Crippen LogP contribution in [0.3, 0.4) is 0 Å². The number of hydrogen-bond acceptors (Lipinski definition) is 5. The molecule has 1 fully saturated rings. The Morgan fingerprint density at radius 2 is 1.89 bits per heavy atom. The molecule has 1 aliphatic heterocycles. The number of benzene rings is 1.